The second kappa shape index (κ2) is 10.8. The van der Waals surface area contributed by atoms with E-state index in [2.05, 4.69) is 19.0 Å². The third kappa shape index (κ3) is 6.21. The minimum absolute atomic E-state index is 0.0207. The zero-order chi connectivity index (χ0) is 22.5. The van der Waals surface area contributed by atoms with Crippen LogP contribution >= 0.6 is 23.2 Å². The first-order valence-electron chi connectivity index (χ1n) is 10.9. The molecule has 3 nitrogen and oxygen atoms in total. The Balaban J connectivity index is 1.76. The molecule has 1 aliphatic rings. The third-order valence-electron chi connectivity index (χ3n) is 5.95. The Hall–Kier alpha value is -1.62. The van der Waals surface area contributed by atoms with Gasteiger partial charge in [-0.05, 0) is 88.0 Å². The highest BCUT2D eigenvalue weighted by Crippen LogP contribution is 2.39. The molecular weight excluding hydrogens is 434 g/mol. The monoisotopic (exact) mass is 464 g/mol. The Kier molecular flexibility index (Phi) is 8.37. The van der Waals surface area contributed by atoms with E-state index in [1.54, 1.807) is 11.0 Å². The highest BCUT2D eigenvalue weighted by Gasteiger charge is 2.34. The maximum absolute atomic E-state index is 14.2. The first-order chi connectivity index (χ1) is 14.8. The van der Waals surface area contributed by atoms with Crippen LogP contribution in [0.3, 0.4) is 0 Å². The molecule has 6 heteroatoms. The van der Waals surface area contributed by atoms with Gasteiger partial charge in [-0.1, -0.05) is 48.3 Å². The number of aryl methyl sites for hydroxylation is 1. The minimum Gasteiger partial charge on any atom is -0.309 e. The molecule has 0 N–H and O–H groups in total. The molecule has 168 valence electrons. The normalized spacial score (nSPS) is 19.3. The van der Waals surface area contributed by atoms with Crippen molar-refractivity contribution in [2.45, 2.75) is 39.0 Å². The fourth-order valence-electron chi connectivity index (χ4n) is 4.39. The van der Waals surface area contributed by atoms with Crippen molar-refractivity contribution >= 4 is 34.8 Å². The van der Waals surface area contributed by atoms with E-state index in [-0.39, 0.29) is 23.6 Å². The fraction of sp³-hybridized carbons (Fsp3) is 0.480. The molecular formula is C25H31Cl2FN2O. The summed E-state index contributed by atoms with van der Waals surface area (Å²) in [5, 5.41) is 1.00. The number of piperidine rings is 1. The van der Waals surface area contributed by atoms with Crippen molar-refractivity contribution in [1.29, 1.82) is 0 Å². The summed E-state index contributed by atoms with van der Waals surface area (Å²) >= 11 is 13.3. The zero-order valence-corrected chi connectivity index (χ0v) is 20.0. The van der Waals surface area contributed by atoms with E-state index in [0.717, 1.165) is 37.8 Å². The molecule has 2 atom stereocenters. The second-order valence-electron chi connectivity index (χ2n) is 8.92. The van der Waals surface area contributed by atoms with E-state index < -0.39 is 0 Å². The van der Waals surface area contributed by atoms with Crippen LogP contribution in [0.4, 0.5) is 10.1 Å². The first kappa shape index (κ1) is 24.0. The summed E-state index contributed by atoms with van der Waals surface area (Å²) in [6.45, 7) is 3.45. The molecule has 1 aliphatic heterocycles. The van der Waals surface area contributed by atoms with E-state index in [1.807, 2.05) is 31.2 Å². The van der Waals surface area contributed by atoms with Crippen molar-refractivity contribution in [2.75, 3.05) is 32.1 Å². The van der Waals surface area contributed by atoms with Gasteiger partial charge in [-0.2, -0.15) is 0 Å². The molecule has 2 aromatic carbocycles. The van der Waals surface area contributed by atoms with E-state index in [0.29, 0.717) is 34.3 Å². The molecule has 31 heavy (non-hydrogen) atoms. The lowest BCUT2D eigenvalue weighted by atomic mass is 9.85. The molecule has 0 aliphatic carbocycles. The predicted octanol–water partition coefficient (Wildman–Crippen LogP) is 6.25. The van der Waals surface area contributed by atoms with Crippen LogP contribution in [0.2, 0.25) is 10.0 Å². The Morgan fingerprint density at radius 3 is 2.45 bits per heavy atom. The number of hydrogen-bond donors (Lipinski definition) is 0. The summed E-state index contributed by atoms with van der Waals surface area (Å²) < 4.78 is 14.2. The standard InChI is InChI=1S/C25H31Cl2FN2O/c1-17-12-19(13-20-9-4-5-10-23(20)28)16-30(25(17)31)24-21(26)14-18(15-22(24)27)8-6-7-11-29(2)3/h4-5,9-10,14-15,17,19H,6-8,11-13,16H2,1-3H3/t17-,19-/m1/s1. The summed E-state index contributed by atoms with van der Waals surface area (Å²) in [4.78, 5) is 16.9. The lowest BCUT2D eigenvalue weighted by Gasteiger charge is -2.37. The topological polar surface area (TPSA) is 23.6 Å². The van der Waals surface area contributed by atoms with Gasteiger partial charge < -0.3 is 9.80 Å². The molecule has 2 aromatic rings. The Bertz CT molecular complexity index is 895. The van der Waals surface area contributed by atoms with Crippen LogP contribution in [0.5, 0.6) is 0 Å². The molecule has 1 fully saturated rings. The number of benzene rings is 2. The van der Waals surface area contributed by atoms with Crippen LogP contribution in [0.1, 0.15) is 37.3 Å². The number of carbonyl (C=O) groups is 1. The third-order valence-corrected chi connectivity index (χ3v) is 6.53. The number of unbranched alkanes of at least 4 members (excludes halogenated alkanes) is 1. The van der Waals surface area contributed by atoms with Crippen LogP contribution < -0.4 is 4.90 Å². The van der Waals surface area contributed by atoms with E-state index in [9.17, 15) is 9.18 Å². The molecule has 3 rings (SSSR count). The molecule has 0 unspecified atom stereocenters. The van der Waals surface area contributed by atoms with Gasteiger partial charge in [0.1, 0.15) is 5.82 Å². The minimum atomic E-state index is -0.201. The summed E-state index contributed by atoms with van der Waals surface area (Å²) in [6.07, 6.45) is 4.36. The van der Waals surface area contributed by atoms with Gasteiger partial charge in [-0.15, -0.1) is 0 Å². The lowest BCUT2D eigenvalue weighted by Crippen LogP contribution is -2.45. The summed E-state index contributed by atoms with van der Waals surface area (Å²) in [5.74, 6) is -0.202. The number of nitrogens with zero attached hydrogens (tertiary/aromatic N) is 2. The average Bonchev–Trinajstić information content (AvgIpc) is 2.70. The van der Waals surface area contributed by atoms with Crippen LogP contribution in [0, 0.1) is 17.7 Å². The average molecular weight is 465 g/mol. The molecule has 0 bridgehead atoms. The van der Waals surface area contributed by atoms with Crippen molar-refractivity contribution in [3.63, 3.8) is 0 Å². The van der Waals surface area contributed by atoms with E-state index in [1.165, 1.54) is 6.07 Å². The van der Waals surface area contributed by atoms with Crippen LogP contribution in [0.15, 0.2) is 36.4 Å². The molecule has 0 radical (unpaired) electrons. The summed E-state index contributed by atoms with van der Waals surface area (Å²) in [6, 6.07) is 10.7. The van der Waals surface area contributed by atoms with Crippen molar-refractivity contribution in [1.82, 2.24) is 4.90 Å². The van der Waals surface area contributed by atoms with Crippen LogP contribution in [0.25, 0.3) is 0 Å². The van der Waals surface area contributed by atoms with Crippen molar-refractivity contribution in [2.24, 2.45) is 11.8 Å². The molecule has 1 amide bonds. The van der Waals surface area contributed by atoms with Gasteiger partial charge in [-0.25, -0.2) is 4.39 Å². The SMILES string of the molecule is C[C@@H]1C[C@H](Cc2ccccc2F)CN(c2c(Cl)cc(CCCCN(C)C)cc2Cl)C1=O. The number of anilines is 1. The predicted molar refractivity (Wildman–Crippen MR) is 128 cm³/mol. The van der Waals surface area contributed by atoms with Gasteiger partial charge in [0, 0.05) is 12.5 Å². The molecule has 1 heterocycles. The van der Waals surface area contributed by atoms with Gasteiger partial charge in [0.15, 0.2) is 0 Å². The first-order valence-corrected chi connectivity index (χ1v) is 11.7. The molecule has 0 spiro atoms. The number of rotatable bonds is 8. The van der Waals surface area contributed by atoms with Gasteiger partial charge >= 0.3 is 0 Å². The summed E-state index contributed by atoms with van der Waals surface area (Å²) in [5.41, 5.74) is 2.34. The fourth-order valence-corrected chi connectivity index (χ4v) is 5.13. The van der Waals surface area contributed by atoms with Gasteiger partial charge in [0.05, 0.1) is 15.7 Å². The molecule has 0 saturated carbocycles. The largest absolute Gasteiger partial charge is 0.309 e. The Labute approximate surface area is 195 Å². The maximum atomic E-state index is 14.2. The van der Waals surface area contributed by atoms with E-state index >= 15 is 0 Å². The Morgan fingerprint density at radius 2 is 1.81 bits per heavy atom. The number of halogens is 3. The van der Waals surface area contributed by atoms with Crippen LogP contribution in [-0.4, -0.2) is 38.0 Å². The van der Waals surface area contributed by atoms with Crippen molar-refractivity contribution < 1.29 is 9.18 Å². The second-order valence-corrected chi connectivity index (χ2v) is 9.73. The Morgan fingerprint density at radius 1 is 1.13 bits per heavy atom. The van der Waals surface area contributed by atoms with Crippen molar-refractivity contribution in [3.8, 4) is 0 Å². The van der Waals surface area contributed by atoms with Gasteiger partial charge in [0.2, 0.25) is 5.91 Å². The number of amides is 1. The van der Waals surface area contributed by atoms with E-state index in [4.69, 9.17) is 23.2 Å². The van der Waals surface area contributed by atoms with Crippen LogP contribution in [-0.2, 0) is 17.6 Å². The quantitative estimate of drug-likeness (QED) is 0.431. The van der Waals surface area contributed by atoms with Gasteiger partial charge in [0.25, 0.3) is 0 Å². The zero-order valence-electron chi connectivity index (χ0n) is 18.5. The van der Waals surface area contributed by atoms with Crippen molar-refractivity contribution in [3.05, 3.63) is 63.4 Å². The smallest absolute Gasteiger partial charge is 0.229 e. The number of hydrogen-bond acceptors (Lipinski definition) is 2. The summed E-state index contributed by atoms with van der Waals surface area (Å²) in [7, 11) is 4.14. The number of carbonyl (C=O) groups excluding carboxylic acids is 1. The maximum Gasteiger partial charge on any atom is 0.229 e. The molecule has 0 aromatic heterocycles. The highest BCUT2D eigenvalue weighted by molar-refractivity contribution is 6.40. The molecule has 1 saturated heterocycles. The highest BCUT2D eigenvalue weighted by atomic mass is 35.5. The lowest BCUT2D eigenvalue weighted by molar-refractivity contribution is -0.124. The van der Waals surface area contributed by atoms with Gasteiger partial charge in [-0.3, -0.25) is 4.79 Å².